The number of aromatic nitrogens is 2. The molecular formula is C24H19N3O. The molecule has 28 heavy (non-hydrogen) atoms. The SMILES string of the molecule is Cn1cncc1C(O)c1ccc(C#N)c(-c2cccc(-c3ccccc3)c2)c1. The summed E-state index contributed by atoms with van der Waals surface area (Å²) in [6, 6.07) is 25.9. The Labute approximate surface area is 164 Å². The Bertz CT molecular complexity index is 1160. The lowest BCUT2D eigenvalue weighted by Crippen LogP contribution is -2.05. The summed E-state index contributed by atoms with van der Waals surface area (Å²) in [4.78, 5) is 4.08. The number of nitrogens with zero attached hydrogens (tertiary/aromatic N) is 3. The second kappa shape index (κ2) is 7.51. The van der Waals surface area contributed by atoms with Crippen LogP contribution in [0.2, 0.25) is 0 Å². The Morgan fingerprint density at radius 2 is 1.68 bits per heavy atom. The number of benzene rings is 3. The molecule has 0 aliphatic rings. The van der Waals surface area contributed by atoms with Crippen LogP contribution in [0.15, 0.2) is 85.3 Å². The number of nitriles is 1. The van der Waals surface area contributed by atoms with Crippen molar-refractivity contribution in [2.24, 2.45) is 7.05 Å². The minimum atomic E-state index is -0.809. The van der Waals surface area contributed by atoms with E-state index in [9.17, 15) is 10.4 Å². The van der Waals surface area contributed by atoms with Gasteiger partial charge in [-0.25, -0.2) is 4.98 Å². The quantitative estimate of drug-likeness (QED) is 0.570. The standard InChI is InChI=1S/C24H19N3O/c1-27-16-26-15-23(27)24(28)20-10-11-21(14-25)22(13-20)19-9-5-8-18(12-19)17-6-3-2-4-7-17/h2-13,15-16,24,28H,1H3. The van der Waals surface area contributed by atoms with E-state index in [1.807, 2.05) is 43.4 Å². The smallest absolute Gasteiger partial charge is 0.121 e. The van der Waals surface area contributed by atoms with Crippen molar-refractivity contribution < 1.29 is 5.11 Å². The molecule has 136 valence electrons. The van der Waals surface area contributed by atoms with Gasteiger partial charge >= 0.3 is 0 Å². The van der Waals surface area contributed by atoms with Crippen LogP contribution in [-0.4, -0.2) is 14.7 Å². The third-order valence-electron chi connectivity index (χ3n) is 4.89. The van der Waals surface area contributed by atoms with E-state index in [0.717, 1.165) is 27.8 Å². The van der Waals surface area contributed by atoms with Gasteiger partial charge < -0.3 is 9.67 Å². The summed E-state index contributed by atoms with van der Waals surface area (Å²) in [6.45, 7) is 0. The first-order chi connectivity index (χ1) is 13.7. The molecule has 0 aliphatic heterocycles. The molecule has 4 heteroatoms. The number of hydrogen-bond acceptors (Lipinski definition) is 3. The lowest BCUT2D eigenvalue weighted by Gasteiger charge is -2.14. The van der Waals surface area contributed by atoms with Crippen LogP contribution in [0.1, 0.15) is 22.9 Å². The zero-order chi connectivity index (χ0) is 19.5. The number of hydrogen-bond donors (Lipinski definition) is 1. The summed E-state index contributed by atoms with van der Waals surface area (Å²) in [7, 11) is 1.85. The first-order valence-corrected chi connectivity index (χ1v) is 9.01. The van der Waals surface area contributed by atoms with E-state index in [1.54, 1.807) is 29.2 Å². The van der Waals surface area contributed by atoms with E-state index >= 15 is 0 Å². The Hall–Kier alpha value is -3.68. The molecule has 0 amide bonds. The summed E-state index contributed by atoms with van der Waals surface area (Å²) >= 11 is 0. The average Bonchev–Trinajstić information content (AvgIpc) is 3.19. The topological polar surface area (TPSA) is 61.8 Å². The highest BCUT2D eigenvalue weighted by atomic mass is 16.3. The van der Waals surface area contributed by atoms with Gasteiger partial charge in [-0.2, -0.15) is 5.26 Å². The largest absolute Gasteiger partial charge is 0.382 e. The average molecular weight is 365 g/mol. The van der Waals surface area contributed by atoms with E-state index in [0.29, 0.717) is 11.3 Å². The molecule has 4 nitrogen and oxygen atoms in total. The van der Waals surface area contributed by atoms with Gasteiger partial charge in [0.25, 0.3) is 0 Å². The van der Waals surface area contributed by atoms with Crippen molar-refractivity contribution in [1.29, 1.82) is 5.26 Å². The van der Waals surface area contributed by atoms with Crippen LogP contribution in [-0.2, 0) is 7.05 Å². The monoisotopic (exact) mass is 365 g/mol. The zero-order valence-electron chi connectivity index (χ0n) is 15.4. The van der Waals surface area contributed by atoms with Gasteiger partial charge in [0.2, 0.25) is 0 Å². The highest BCUT2D eigenvalue weighted by Crippen LogP contribution is 2.32. The molecule has 0 bridgehead atoms. The molecule has 0 fully saturated rings. The van der Waals surface area contributed by atoms with Crippen molar-refractivity contribution in [1.82, 2.24) is 9.55 Å². The van der Waals surface area contributed by atoms with E-state index < -0.39 is 6.10 Å². The van der Waals surface area contributed by atoms with Crippen molar-refractivity contribution in [2.75, 3.05) is 0 Å². The molecule has 1 aromatic heterocycles. The van der Waals surface area contributed by atoms with Gasteiger partial charge in [-0.05, 0) is 46.0 Å². The predicted molar refractivity (Wildman–Crippen MR) is 109 cm³/mol. The van der Waals surface area contributed by atoms with Crippen LogP contribution in [0.3, 0.4) is 0 Å². The number of aliphatic hydroxyl groups excluding tert-OH is 1. The molecule has 3 aromatic carbocycles. The van der Waals surface area contributed by atoms with Gasteiger partial charge in [0.1, 0.15) is 6.10 Å². The molecule has 1 heterocycles. The maximum absolute atomic E-state index is 10.8. The highest BCUT2D eigenvalue weighted by Gasteiger charge is 2.16. The predicted octanol–water partition coefficient (Wildman–Crippen LogP) is 4.71. The van der Waals surface area contributed by atoms with Gasteiger partial charge in [0.05, 0.1) is 29.9 Å². The minimum Gasteiger partial charge on any atom is -0.382 e. The molecular weight excluding hydrogens is 346 g/mol. The molecule has 0 saturated heterocycles. The Morgan fingerprint density at radius 3 is 2.39 bits per heavy atom. The number of aliphatic hydroxyl groups is 1. The van der Waals surface area contributed by atoms with Gasteiger partial charge in [-0.1, -0.05) is 54.6 Å². The molecule has 4 aromatic rings. The number of imidazole rings is 1. The third-order valence-corrected chi connectivity index (χ3v) is 4.89. The van der Waals surface area contributed by atoms with E-state index in [1.165, 1.54) is 0 Å². The van der Waals surface area contributed by atoms with E-state index in [2.05, 4.69) is 35.3 Å². The second-order valence-electron chi connectivity index (χ2n) is 6.70. The highest BCUT2D eigenvalue weighted by molar-refractivity contribution is 5.76. The lowest BCUT2D eigenvalue weighted by atomic mass is 9.93. The third kappa shape index (κ3) is 3.32. The van der Waals surface area contributed by atoms with Crippen LogP contribution >= 0.6 is 0 Å². The molecule has 0 aliphatic carbocycles. The fourth-order valence-electron chi connectivity index (χ4n) is 3.37. The van der Waals surface area contributed by atoms with Crippen molar-refractivity contribution >= 4 is 0 Å². The zero-order valence-corrected chi connectivity index (χ0v) is 15.4. The molecule has 4 rings (SSSR count). The Morgan fingerprint density at radius 1 is 0.929 bits per heavy atom. The maximum Gasteiger partial charge on any atom is 0.121 e. The van der Waals surface area contributed by atoms with Crippen LogP contribution in [0.4, 0.5) is 0 Å². The van der Waals surface area contributed by atoms with Crippen molar-refractivity contribution in [3.63, 3.8) is 0 Å². The summed E-state index contributed by atoms with van der Waals surface area (Å²) < 4.78 is 1.79. The first kappa shape index (κ1) is 17.7. The minimum absolute atomic E-state index is 0.575. The van der Waals surface area contributed by atoms with Gasteiger partial charge in [0, 0.05) is 7.05 Å². The lowest BCUT2D eigenvalue weighted by molar-refractivity contribution is 0.211. The molecule has 1 N–H and O–H groups in total. The fraction of sp³-hybridized carbons (Fsp3) is 0.0833. The normalized spacial score (nSPS) is 11.8. The molecule has 0 radical (unpaired) electrons. The first-order valence-electron chi connectivity index (χ1n) is 9.01. The van der Waals surface area contributed by atoms with Crippen molar-refractivity contribution in [3.05, 3.63) is 102 Å². The molecule has 1 unspecified atom stereocenters. The van der Waals surface area contributed by atoms with Crippen LogP contribution in [0.25, 0.3) is 22.3 Å². The molecule has 0 saturated carbocycles. The molecule has 0 spiro atoms. The van der Waals surface area contributed by atoms with Crippen LogP contribution < -0.4 is 0 Å². The summed E-state index contributed by atoms with van der Waals surface area (Å²) in [6.07, 6.45) is 2.50. The number of rotatable bonds is 4. The molecule has 1 atom stereocenters. The van der Waals surface area contributed by atoms with Crippen LogP contribution in [0, 0.1) is 11.3 Å². The summed E-state index contributed by atoms with van der Waals surface area (Å²) in [5, 5.41) is 20.4. The van der Waals surface area contributed by atoms with Gasteiger partial charge in [-0.3, -0.25) is 0 Å². The van der Waals surface area contributed by atoms with Crippen molar-refractivity contribution in [3.8, 4) is 28.3 Å². The van der Waals surface area contributed by atoms with Gasteiger partial charge in [-0.15, -0.1) is 0 Å². The van der Waals surface area contributed by atoms with E-state index in [-0.39, 0.29) is 0 Å². The summed E-state index contributed by atoms with van der Waals surface area (Å²) in [5.74, 6) is 0. The Kier molecular flexibility index (Phi) is 4.76. The van der Waals surface area contributed by atoms with Crippen molar-refractivity contribution in [2.45, 2.75) is 6.10 Å². The fourth-order valence-corrected chi connectivity index (χ4v) is 3.37. The summed E-state index contributed by atoms with van der Waals surface area (Å²) in [5.41, 5.74) is 5.95. The maximum atomic E-state index is 10.8. The Balaban J connectivity index is 1.79. The van der Waals surface area contributed by atoms with Gasteiger partial charge in [0.15, 0.2) is 0 Å². The van der Waals surface area contributed by atoms with E-state index in [4.69, 9.17) is 0 Å². The van der Waals surface area contributed by atoms with Crippen LogP contribution in [0.5, 0.6) is 0 Å². The second-order valence-corrected chi connectivity index (χ2v) is 6.70. The number of aryl methyl sites for hydroxylation is 1.